The van der Waals surface area contributed by atoms with Gasteiger partial charge in [0, 0.05) is 29.6 Å². The molecule has 0 bridgehead atoms. The zero-order valence-electron chi connectivity index (χ0n) is 23.0. The molecule has 0 aromatic heterocycles. The van der Waals surface area contributed by atoms with Crippen molar-refractivity contribution >= 4 is 35.2 Å². The van der Waals surface area contributed by atoms with Gasteiger partial charge in [0.25, 0.3) is 0 Å². The van der Waals surface area contributed by atoms with Crippen molar-refractivity contribution in [2.75, 3.05) is 42.8 Å². The van der Waals surface area contributed by atoms with E-state index < -0.39 is 36.4 Å². The van der Waals surface area contributed by atoms with Crippen molar-refractivity contribution in [3.05, 3.63) is 84.4 Å². The van der Waals surface area contributed by atoms with E-state index in [1.807, 2.05) is 0 Å². The topological polar surface area (TPSA) is 147 Å². The maximum absolute atomic E-state index is 12.8. The summed E-state index contributed by atoms with van der Waals surface area (Å²) in [5, 5.41) is 20.6. The third-order valence-electron chi connectivity index (χ3n) is 5.78. The number of urea groups is 1. The lowest BCUT2D eigenvalue weighted by atomic mass is 10.1. The summed E-state index contributed by atoms with van der Waals surface area (Å²) in [7, 11) is 1.23. The van der Waals surface area contributed by atoms with E-state index >= 15 is 0 Å². The molecule has 2 atom stereocenters. The zero-order valence-corrected chi connectivity index (χ0v) is 23.0. The molecule has 0 fully saturated rings. The van der Waals surface area contributed by atoms with Gasteiger partial charge in [-0.1, -0.05) is 36.4 Å². The van der Waals surface area contributed by atoms with Crippen LogP contribution >= 0.6 is 0 Å². The van der Waals surface area contributed by atoms with Crippen molar-refractivity contribution in [1.29, 1.82) is 0 Å². The van der Waals surface area contributed by atoms with Gasteiger partial charge in [0.05, 0.1) is 13.7 Å². The monoisotopic (exact) mass is 604 g/mol. The Balaban J connectivity index is 1.53. The Morgan fingerprint density at radius 3 is 2.14 bits per heavy atom. The average Bonchev–Trinajstić information content (AvgIpc) is 2.98. The van der Waals surface area contributed by atoms with E-state index in [0.29, 0.717) is 22.8 Å². The first-order chi connectivity index (χ1) is 20.5. The van der Waals surface area contributed by atoms with Gasteiger partial charge < -0.3 is 35.3 Å². The number of benzene rings is 3. The van der Waals surface area contributed by atoms with Crippen LogP contribution in [0.3, 0.4) is 0 Å². The zero-order chi connectivity index (χ0) is 31.2. The molecule has 14 heteroatoms. The second-order valence-corrected chi connectivity index (χ2v) is 9.11. The minimum atomic E-state index is -5.17. The lowest BCUT2D eigenvalue weighted by molar-refractivity contribution is -0.205. The van der Waals surface area contributed by atoms with Crippen molar-refractivity contribution in [3.63, 3.8) is 0 Å². The predicted molar refractivity (Wildman–Crippen MR) is 152 cm³/mol. The molecule has 3 aromatic rings. The molecule has 3 amide bonds. The van der Waals surface area contributed by atoms with Crippen molar-refractivity contribution < 1.29 is 46.9 Å². The molecule has 5 N–H and O–H groups in total. The Hall–Kier alpha value is -4.82. The van der Waals surface area contributed by atoms with Crippen LogP contribution in [0.25, 0.3) is 0 Å². The van der Waals surface area contributed by atoms with Crippen LogP contribution in [-0.4, -0.2) is 68.4 Å². The van der Waals surface area contributed by atoms with Crippen molar-refractivity contribution in [2.45, 2.75) is 24.7 Å². The number of rotatable bonds is 13. The molecule has 11 nitrogen and oxygen atoms in total. The highest BCUT2D eigenvalue weighted by molar-refractivity contribution is 6.00. The first-order valence-electron chi connectivity index (χ1n) is 13.0. The van der Waals surface area contributed by atoms with Gasteiger partial charge in [-0.3, -0.25) is 5.32 Å². The smallest absolute Gasteiger partial charge is 0.490 e. The number of aliphatic hydroxyl groups excluding tert-OH is 1. The molecule has 0 saturated heterocycles. The number of esters is 1. The summed E-state index contributed by atoms with van der Waals surface area (Å²) in [5.74, 6) is -1.95. The van der Waals surface area contributed by atoms with Gasteiger partial charge in [0.1, 0.15) is 18.5 Å². The molecule has 3 rings (SSSR count). The number of aliphatic hydroxyl groups is 1. The summed E-state index contributed by atoms with van der Waals surface area (Å²) in [4.78, 5) is 35.2. The number of carbonyl (C=O) groups excluding carboxylic acids is 3. The van der Waals surface area contributed by atoms with Gasteiger partial charge in [-0.2, -0.15) is 13.2 Å². The maximum Gasteiger partial charge on any atom is 0.490 e. The van der Waals surface area contributed by atoms with Crippen LogP contribution in [0.4, 0.5) is 39.8 Å². The Kier molecular flexibility index (Phi) is 12.2. The minimum Gasteiger partial charge on any atom is -0.490 e. The predicted octanol–water partition coefficient (Wildman–Crippen LogP) is 4.56. The summed E-state index contributed by atoms with van der Waals surface area (Å²) in [5.41, 5.74) is 2.07. The van der Waals surface area contributed by atoms with Crippen LogP contribution in [0.15, 0.2) is 78.9 Å². The highest BCUT2D eigenvalue weighted by Crippen LogP contribution is 2.19. The lowest BCUT2D eigenvalue weighted by Crippen LogP contribution is -2.44. The SMILES string of the molecule is COC(=O)Nc1cccc(NC(=O)Nc2ccc(C[C@@H](CO)NC[C@@H](COc3ccccc3)OC(=O)C(F)(F)F)cc2)c1. The molecule has 0 aliphatic heterocycles. The number of halogens is 3. The number of hydrogen-bond donors (Lipinski definition) is 5. The van der Waals surface area contributed by atoms with Gasteiger partial charge in [0.2, 0.25) is 0 Å². The number of carbonyl (C=O) groups is 3. The number of alkyl halides is 3. The molecule has 0 unspecified atom stereocenters. The summed E-state index contributed by atoms with van der Waals surface area (Å²) < 4.78 is 53.0. The summed E-state index contributed by atoms with van der Waals surface area (Å²) >= 11 is 0. The Morgan fingerprint density at radius 1 is 0.860 bits per heavy atom. The van der Waals surface area contributed by atoms with Gasteiger partial charge in [-0.15, -0.1) is 0 Å². The minimum absolute atomic E-state index is 0.212. The third kappa shape index (κ3) is 11.5. The van der Waals surface area contributed by atoms with Crippen molar-refractivity contribution in [3.8, 4) is 5.75 Å². The average molecular weight is 605 g/mol. The number of para-hydroxylation sites is 1. The van der Waals surface area contributed by atoms with E-state index in [4.69, 9.17) is 4.74 Å². The molecule has 0 aliphatic carbocycles. The van der Waals surface area contributed by atoms with Gasteiger partial charge in [-0.05, 0) is 54.4 Å². The number of amides is 3. The first-order valence-corrected chi connectivity index (χ1v) is 13.0. The number of ether oxygens (including phenoxy) is 3. The standard InChI is InChI=1S/C29H31F3N4O7/c1-41-28(40)36-22-7-5-6-21(15-22)35-27(39)34-20-12-10-19(11-13-20)14-23(17-37)33-16-25(43-26(38)29(30,31)32)18-42-24-8-3-2-4-9-24/h2-13,15,23,25,33,37H,14,16-18H2,1H3,(H,36,40)(H2,34,35,39)/t23-,25-/m0/s1. The maximum atomic E-state index is 12.8. The van der Waals surface area contributed by atoms with Crippen LogP contribution < -0.4 is 26.0 Å². The van der Waals surface area contributed by atoms with E-state index in [-0.39, 0.29) is 26.2 Å². The van der Waals surface area contributed by atoms with Crippen LogP contribution in [0, 0.1) is 0 Å². The fourth-order valence-corrected chi connectivity index (χ4v) is 3.70. The number of nitrogens with one attached hydrogen (secondary N) is 4. The van der Waals surface area contributed by atoms with Crippen LogP contribution in [0.2, 0.25) is 0 Å². The van der Waals surface area contributed by atoms with Crippen LogP contribution in [-0.2, 0) is 20.7 Å². The molecular formula is C29H31F3N4O7. The second-order valence-electron chi connectivity index (χ2n) is 9.11. The molecule has 0 saturated carbocycles. The van der Waals surface area contributed by atoms with E-state index in [2.05, 4.69) is 30.7 Å². The largest absolute Gasteiger partial charge is 0.490 e. The van der Waals surface area contributed by atoms with E-state index in [1.54, 1.807) is 78.9 Å². The summed E-state index contributed by atoms with van der Waals surface area (Å²) in [6.07, 6.45) is -6.82. The van der Waals surface area contributed by atoms with E-state index in [1.165, 1.54) is 7.11 Å². The Morgan fingerprint density at radius 2 is 1.51 bits per heavy atom. The molecule has 3 aromatic carbocycles. The fraction of sp³-hybridized carbons (Fsp3) is 0.276. The highest BCUT2D eigenvalue weighted by Gasteiger charge is 2.42. The molecule has 0 spiro atoms. The highest BCUT2D eigenvalue weighted by atomic mass is 19.4. The van der Waals surface area contributed by atoms with Crippen molar-refractivity contribution in [1.82, 2.24) is 5.32 Å². The quantitative estimate of drug-likeness (QED) is 0.179. The second kappa shape index (κ2) is 16.0. The Bertz CT molecular complexity index is 1340. The summed E-state index contributed by atoms with van der Waals surface area (Å²) in [6, 6.07) is 20.4. The van der Waals surface area contributed by atoms with Gasteiger partial charge in [0.15, 0.2) is 0 Å². The van der Waals surface area contributed by atoms with E-state index in [0.717, 1.165) is 5.56 Å². The van der Waals surface area contributed by atoms with Gasteiger partial charge >= 0.3 is 24.3 Å². The van der Waals surface area contributed by atoms with Crippen LogP contribution in [0.5, 0.6) is 5.75 Å². The van der Waals surface area contributed by atoms with Crippen LogP contribution in [0.1, 0.15) is 5.56 Å². The first kappa shape index (κ1) is 32.7. The molecule has 230 valence electrons. The lowest BCUT2D eigenvalue weighted by Gasteiger charge is -2.23. The number of anilines is 3. The van der Waals surface area contributed by atoms with Crippen molar-refractivity contribution in [2.24, 2.45) is 0 Å². The summed E-state index contributed by atoms with van der Waals surface area (Å²) in [6.45, 7) is -0.909. The third-order valence-corrected chi connectivity index (χ3v) is 5.78. The van der Waals surface area contributed by atoms with E-state index in [9.17, 15) is 32.7 Å². The molecule has 0 radical (unpaired) electrons. The number of methoxy groups -OCH3 is 1. The molecule has 43 heavy (non-hydrogen) atoms. The normalized spacial score (nSPS) is 12.4. The Labute approximate surface area is 245 Å². The molecule has 0 aliphatic rings. The molecular weight excluding hydrogens is 573 g/mol. The fourth-order valence-electron chi connectivity index (χ4n) is 3.70. The van der Waals surface area contributed by atoms with Gasteiger partial charge in [-0.25, -0.2) is 14.4 Å². The number of hydrogen-bond acceptors (Lipinski definition) is 8. The molecule has 0 heterocycles.